The molecule has 2 saturated heterocycles. The Morgan fingerprint density at radius 2 is 1.94 bits per heavy atom. The molecule has 1 amide bonds. The number of benzene rings is 1. The van der Waals surface area contributed by atoms with E-state index < -0.39 is 29.1 Å². The number of carbonyl (C=O) groups is 1. The number of H-pyrrole nitrogens is 1. The molecule has 10 heteroatoms. The Balaban J connectivity index is 1.53. The van der Waals surface area contributed by atoms with E-state index in [4.69, 9.17) is 14.2 Å². The Morgan fingerprint density at radius 1 is 1.22 bits per heavy atom. The van der Waals surface area contributed by atoms with Gasteiger partial charge >= 0.3 is 0 Å². The second kappa shape index (κ2) is 7.93. The number of hydrogen-bond acceptors (Lipinski definition) is 8. The number of fused-ring (bicyclic) bond motifs is 1. The van der Waals surface area contributed by atoms with Gasteiger partial charge < -0.3 is 24.4 Å². The maximum Gasteiger partial charge on any atom is 0.258 e. The molecular weight excluding hydrogens is 414 g/mol. The third-order valence-corrected chi connectivity index (χ3v) is 6.36. The van der Waals surface area contributed by atoms with Crippen LogP contribution in [0.3, 0.4) is 0 Å². The number of hydrogen-bond donors (Lipinski definition) is 2. The molecule has 166 valence electrons. The zero-order valence-electron chi connectivity index (χ0n) is 17.6. The molecular formula is C22H23N5O5. The van der Waals surface area contributed by atoms with Crippen LogP contribution in [-0.2, 0) is 14.3 Å². The lowest BCUT2D eigenvalue weighted by Gasteiger charge is -2.38. The van der Waals surface area contributed by atoms with Crippen molar-refractivity contribution in [3.63, 3.8) is 0 Å². The number of nitrogens with one attached hydrogen (secondary N) is 2. The quantitative estimate of drug-likeness (QED) is 0.736. The van der Waals surface area contributed by atoms with Crippen molar-refractivity contribution in [2.75, 3.05) is 43.6 Å². The van der Waals surface area contributed by atoms with Crippen LogP contribution in [0, 0.1) is 17.2 Å². The topological polar surface area (TPSA) is 130 Å². The third kappa shape index (κ3) is 3.30. The molecule has 0 radical (unpaired) electrons. The number of aromatic nitrogens is 2. The average molecular weight is 437 g/mol. The highest BCUT2D eigenvalue weighted by Crippen LogP contribution is 2.42. The summed E-state index contributed by atoms with van der Waals surface area (Å²) < 4.78 is 17.0. The fourth-order valence-electron chi connectivity index (χ4n) is 4.75. The van der Waals surface area contributed by atoms with Crippen molar-refractivity contribution in [3.05, 3.63) is 45.7 Å². The van der Waals surface area contributed by atoms with Gasteiger partial charge in [0.15, 0.2) is 5.79 Å². The van der Waals surface area contributed by atoms with Gasteiger partial charge in [0.25, 0.3) is 5.56 Å². The molecule has 1 aromatic carbocycles. The van der Waals surface area contributed by atoms with E-state index in [0.29, 0.717) is 56.4 Å². The summed E-state index contributed by atoms with van der Waals surface area (Å²) in [6.45, 7) is 2.35. The van der Waals surface area contributed by atoms with Gasteiger partial charge in [-0.15, -0.1) is 0 Å². The van der Waals surface area contributed by atoms with Gasteiger partial charge in [-0.05, 0) is 6.07 Å². The molecule has 3 aliphatic rings. The summed E-state index contributed by atoms with van der Waals surface area (Å²) in [5.74, 6) is -1.88. The zero-order chi connectivity index (χ0) is 22.3. The number of ether oxygens (including phenoxy) is 3. The van der Waals surface area contributed by atoms with Gasteiger partial charge in [-0.25, -0.2) is 0 Å². The van der Waals surface area contributed by atoms with Gasteiger partial charge in [0.1, 0.15) is 17.5 Å². The summed E-state index contributed by atoms with van der Waals surface area (Å²) in [5.41, 5.74) is 0.447. The Hall–Kier alpha value is -3.42. The average Bonchev–Trinajstić information content (AvgIpc) is 3.26. The number of anilines is 2. The minimum absolute atomic E-state index is 0.171. The predicted octanol–water partition coefficient (Wildman–Crippen LogP) is 1.35. The van der Waals surface area contributed by atoms with E-state index in [9.17, 15) is 14.9 Å². The molecule has 3 aliphatic heterocycles. The van der Waals surface area contributed by atoms with Crippen LogP contribution in [-0.4, -0.2) is 55.1 Å². The van der Waals surface area contributed by atoms with Crippen LogP contribution in [0.25, 0.3) is 0 Å². The van der Waals surface area contributed by atoms with Gasteiger partial charge in [-0.1, -0.05) is 18.2 Å². The van der Waals surface area contributed by atoms with Crippen LogP contribution < -0.4 is 20.5 Å². The number of para-hydroxylation sites is 1. The van der Waals surface area contributed by atoms with Gasteiger partial charge in [0.05, 0.1) is 32.0 Å². The standard InChI is InChI=1S/C22H23N5O5/c1-30-15-5-3-2-4-13(15)16-14(12-23)19(28)24-18-17(16)20(29)26-21(25-18)27-8-6-22(7-9-27)31-10-11-32-22/h2-5,14,16H,6-11H2,1H3,(H2,24,25,26,28,29). The normalized spacial score (nSPS) is 24.0. The van der Waals surface area contributed by atoms with Crippen LogP contribution in [0.5, 0.6) is 5.75 Å². The largest absolute Gasteiger partial charge is 0.496 e. The molecule has 32 heavy (non-hydrogen) atoms. The van der Waals surface area contributed by atoms with Crippen LogP contribution in [0.2, 0.25) is 0 Å². The molecule has 0 saturated carbocycles. The first kappa shape index (κ1) is 20.5. The Labute approximate surface area is 184 Å². The fraction of sp³-hybridized carbons (Fsp3) is 0.455. The number of nitriles is 1. The first-order valence-corrected chi connectivity index (χ1v) is 10.6. The molecule has 2 aromatic rings. The Bertz CT molecular complexity index is 1140. The van der Waals surface area contributed by atoms with Crippen molar-refractivity contribution in [1.82, 2.24) is 9.97 Å². The number of rotatable bonds is 3. The lowest BCUT2D eigenvalue weighted by molar-refractivity contribution is -0.169. The van der Waals surface area contributed by atoms with Crippen molar-refractivity contribution in [3.8, 4) is 11.8 Å². The highest BCUT2D eigenvalue weighted by atomic mass is 16.7. The fourth-order valence-corrected chi connectivity index (χ4v) is 4.75. The first-order chi connectivity index (χ1) is 15.5. The van der Waals surface area contributed by atoms with E-state index in [0.717, 1.165) is 0 Å². The SMILES string of the molecule is COc1ccccc1C1c2c(nc(N3CCC4(CC3)OCCO4)[nH]c2=O)NC(=O)C1C#N. The molecule has 2 N–H and O–H groups in total. The minimum Gasteiger partial charge on any atom is -0.496 e. The van der Waals surface area contributed by atoms with Gasteiger partial charge in [-0.3, -0.25) is 14.6 Å². The van der Waals surface area contributed by atoms with Crippen molar-refractivity contribution in [1.29, 1.82) is 5.26 Å². The van der Waals surface area contributed by atoms with E-state index in [-0.39, 0.29) is 11.4 Å². The van der Waals surface area contributed by atoms with E-state index in [1.807, 2.05) is 11.0 Å². The molecule has 2 fully saturated rings. The molecule has 1 aromatic heterocycles. The van der Waals surface area contributed by atoms with Gasteiger partial charge in [0.2, 0.25) is 11.9 Å². The Kier molecular flexibility index (Phi) is 5.07. The van der Waals surface area contributed by atoms with Gasteiger partial charge in [0, 0.05) is 37.4 Å². The highest BCUT2D eigenvalue weighted by molar-refractivity contribution is 5.98. The molecule has 4 heterocycles. The molecule has 1 spiro atoms. The summed E-state index contributed by atoms with van der Waals surface area (Å²) >= 11 is 0. The van der Waals surface area contributed by atoms with E-state index in [1.54, 1.807) is 24.3 Å². The van der Waals surface area contributed by atoms with Crippen molar-refractivity contribution in [2.45, 2.75) is 24.5 Å². The molecule has 5 rings (SSSR count). The predicted molar refractivity (Wildman–Crippen MR) is 114 cm³/mol. The summed E-state index contributed by atoms with van der Waals surface area (Å²) in [6.07, 6.45) is 1.31. The van der Waals surface area contributed by atoms with Crippen LogP contribution >= 0.6 is 0 Å². The zero-order valence-corrected chi connectivity index (χ0v) is 17.6. The molecule has 0 bridgehead atoms. The van der Waals surface area contributed by atoms with Crippen molar-refractivity contribution in [2.24, 2.45) is 5.92 Å². The second-order valence-corrected chi connectivity index (χ2v) is 8.06. The van der Waals surface area contributed by atoms with Crippen LogP contribution in [0.1, 0.15) is 29.9 Å². The molecule has 2 atom stereocenters. The molecule has 2 unspecified atom stereocenters. The maximum atomic E-state index is 13.3. The summed E-state index contributed by atoms with van der Waals surface area (Å²) in [7, 11) is 1.51. The molecule has 0 aliphatic carbocycles. The monoisotopic (exact) mass is 437 g/mol. The first-order valence-electron chi connectivity index (χ1n) is 10.6. The van der Waals surface area contributed by atoms with Crippen LogP contribution in [0.4, 0.5) is 11.8 Å². The lowest BCUT2D eigenvalue weighted by atomic mass is 9.79. The van der Waals surface area contributed by atoms with Crippen molar-refractivity contribution >= 4 is 17.7 Å². The lowest BCUT2D eigenvalue weighted by Crippen LogP contribution is -2.46. The molecule has 10 nitrogen and oxygen atoms in total. The summed E-state index contributed by atoms with van der Waals surface area (Å²) in [6, 6.07) is 9.11. The minimum atomic E-state index is -1.08. The number of aromatic amines is 1. The number of amides is 1. The van der Waals surface area contributed by atoms with E-state index >= 15 is 0 Å². The highest BCUT2D eigenvalue weighted by Gasteiger charge is 2.43. The summed E-state index contributed by atoms with van der Waals surface area (Å²) in [5, 5.41) is 12.4. The van der Waals surface area contributed by atoms with E-state index in [2.05, 4.69) is 15.3 Å². The number of methoxy groups -OCH3 is 1. The van der Waals surface area contributed by atoms with Gasteiger partial charge in [-0.2, -0.15) is 10.2 Å². The number of carbonyl (C=O) groups excluding carboxylic acids is 1. The Morgan fingerprint density at radius 3 is 2.62 bits per heavy atom. The van der Waals surface area contributed by atoms with E-state index in [1.165, 1.54) is 7.11 Å². The third-order valence-electron chi connectivity index (χ3n) is 6.36. The van der Waals surface area contributed by atoms with Crippen molar-refractivity contribution < 1.29 is 19.0 Å². The second-order valence-electron chi connectivity index (χ2n) is 8.06. The number of piperidine rings is 1. The number of nitrogens with zero attached hydrogens (tertiary/aromatic N) is 3. The smallest absolute Gasteiger partial charge is 0.258 e. The summed E-state index contributed by atoms with van der Waals surface area (Å²) in [4.78, 5) is 35.4. The van der Waals surface area contributed by atoms with Crippen LogP contribution in [0.15, 0.2) is 29.1 Å². The maximum absolute atomic E-state index is 13.3.